The largest absolute Gasteiger partial charge is 0.351 e. The van der Waals surface area contributed by atoms with Crippen molar-refractivity contribution in [1.29, 1.82) is 0 Å². The van der Waals surface area contributed by atoms with Crippen LogP contribution < -0.4 is 5.32 Å². The Bertz CT molecular complexity index is 645. The molecule has 0 heterocycles. The van der Waals surface area contributed by atoms with Crippen molar-refractivity contribution in [2.75, 3.05) is 0 Å². The molecule has 1 saturated carbocycles. The molecule has 1 aliphatic rings. The van der Waals surface area contributed by atoms with Crippen LogP contribution in [0.1, 0.15) is 24.0 Å². The van der Waals surface area contributed by atoms with Crippen LogP contribution in [-0.4, -0.2) is 5.91 Å². The number of benzene rings is 2. The van der Waals surface area contributed by atoms with Gasteiger partial charge in [0, 0.05) is 16.6 Å². The highest BCUT2D eigenvalue weighted by Crippen LogP contribution is 2.48. The highest BCUT2D eigenvalue weighted by atomic mass is 35.5. The molecule has 0 aromatic heterocycles. The average Bonchev–Trinajstić information content (AvgIpc) is 3.29. The smallest absolute Gasteiger partial charge is 0.230 e. The fourth-order valence-corrected chi connectivity index (χ4v) is 2.75. The summed E-state index contributed by atoms with van der Waals surface area (Å²) in [5.74, 6) is 0.0831. The molecule has 108 valence electrons. The van der Waals surface area contributed by atoms with Gasteiger partial charge in [-0.2, -0.15) is 0 Å². The van der Waals surface area contributed by atoms with Gasteiger partial charge in [-0.25, -0.2) is 0 Å². The van der Waals surface area contributed by atoms with Gasteiger partial charge in [-0.1, -0.05) is 47.5 Å². The van der Waals surface area contributed by atoms with Gasteiger partial charge in [0.05, 0.1) is 5.41 Å². The molecule has 21 heavy (non-hydrogen) atoms. The molecule has 1 fully saturated rings. The van der Waals surface area contributed by atoms with Gasteiger partial charge >= 0.3 is 0 Å². The van der Waals surface area contributed by atoms with Gasteiger partial charge in [-0.3, -0.25) is 4.79 Å². The summed E-state index contributed by atoms with van der Waals surface area (Å²) in [4.78, 5) is 12.5. The van der Waals surface area contributed by atoms with Crippen LogP contribution in [0, 0.1) is 0 Å². The standard InChI is InChI=1S/C17H15Cl2NO/c18-14-5-1-12(2-6-14)11-20-16(21)17(9-10-17)13-3-7-15(19)8-4-13/h1-8H,9-11H2,(H,20,21). The van der Waals surface area contributed by atoms with E-state index < -0.39 is 0 Å². The summed E-state index contributed by atoms with van der Waals surface area (Å²) in [6, 6.07) is 15.1. The van der Waals surface area contributed by atoms with E-state index in [9.17, 15) is 4.79 Å². The maximum absolute atomic E-state index is 12.5. The van der Waals surface area contributed by atoms with Crippen molar-refractivity contribution in [3.05, 3.63) is 69.7 Å². The number of halogens is 2. The molecule has 4 heteroatoms. The van der Waals surface area contributed by atoms with Crippen LogP contribution in [0.15, 0.2) is 48.5 Å². The third-order valence-electron chi connectivity index (χ3n) is 3.95. The maximum Gasteiger partial charge on any atom is 0.230 e. The molecule has 0 bridgehead atoms. The van der Waals surface area contributed by atoms with Crippen molar-refractivity contribution in [3.8, 4) is 0 Å². The Labute approximate surface area is 134 Å². The Kier molecular flexibility index (Phi) is 3.92. The number of amides is 1. The van der Waals surface area contributed by atoms with Crippen LogP contribution in [0.5, 0.6) is 0 Å². The molecule has 0 spiro atoms. The molecule has 1 N–H and O–H groups in total. The number of hydrogen-bond acceptors (Lipinski definition) is 1. The Hall–Kier alpha value is -1.51. The second-order valence-corrected chi connectivity index (χ2v) is 6.27. The SMILES string of the molecule is O=C(NCc1ccc(Cl)cc1)C1(c2ccc(Cl)cc2)CC1. The van der Waals surface area contributed by atoms with E-state index in [0.717, 1.165) is 24.0 Å². The van der Waals surface area contributed by atoms with Gasteiger partial charge < -0.3 is 5.32 Å². The number of rotatable bonds is 4. The second-order valence-electron chi connectivity index (χ2n) is 5.40. The maximum atomic E-state index is 12.5. The summed E-state index contributed by atoms with van der Waals surface area (Å²) < 4.78 is 0. The molecule has 2 aromatic carbocycles. The highest BCUT2D eigenvalue weighted by molar-refractivity contribution is 6.30. The zero-order valence-corrected chi connectivity index (χ0v) is 12.9. The van der Waals surface area contributed by atoms with E-state index in [-0.39, 0.29) is 11.3 Å². The first-order valence-corrected chi connectivity index (χ1v) is 7.64. The summed E-state index contributed by atoms with van der Waals surface area (Å²) >= 11 is 11.8. The van der Waals surface area contributed by atoms with Crippen LogP contribution in [0.4, 0.5) is 0 Å². The van der Waals surface area contributed by atoms with Crippen LogP contribution in [0.25, 0.3) is 0 Å². The van der Waals surface area contributed by atoms with E-state index in [4.69, 9.17) is 23.2 Å². The molecule has 1 aliphatic carbocycles. The van der Waals surface area contributed by atoms with Gasteiger partial charge in [0.2, 0.25) is 5.91 Å². The number of carbonyl (C=O) groups excluding carboxylic acids is 1. The zero-order chi connectivity index (χ0) is 14.9. The molecule has 1 amide bonds. The summed E-state index contributed by atoms with van der Waals surface area (Å²) in [5.41, 5.74) is 1.72. The van der Waals surface area contributed by atoms with Crippen molar-refractivity contribution in [2.45, 2.75) is 24.8 Å². The van der Waals surface area contributed by atoms with Crippen molar-refractivity contribution in [3.63, 3.8) is 0 Å². The highest BCUT2D eigenvalue weighted by Gasteiger charge is 2.50. The third kappa shape index (κ3) is 3.07. The fourth-order valence-electron chi connectivity index (χ4n) is 2.49. The molecule has 3 rings (SSSR count). The molecular formula is C17H15Cl2NO. The predicted octanol–water partition coefficient (Wildman–Crippen LogP) is 4.34. The molecule has 0 atom stereocenters. The van der Waals surface area contributed by atoms with E-state index in [1.54, 1.807) is 0 Å². The van der Waals surface area contributed by atoms with Gasteiger partial charge in [0.1, 0.15) is 0 Å². The minimum atomic E-state index is -0.364. The predicted molar refractivity (Wildman–Crippen MR) is 85.7 cm³/mol. The topological polar surface area (TPSA) is 29.1 Å². The summed E-state index contributed by atoms with van der Waals surface area (Å²) in [5, 5.41) is 4.41. The van der Waals surface area contributed by atoms with Crippen molar-refractivity contribution >= 4 is 29.1 Å². The van der Waals surface area contributed by atoms with E-state index >= 15 is 0 Å². The molecule has 2 nitrogen and oxygen atoms in total. The zero-order valence-electron chi connectivity index (χ0n) is 11.4. The Balaban J connectivity index is 1.67. The normalized spacial score (nSPS) is 15.5. The molecule has 0 saturated heterocycles. The number of carbonyl (C=O) groups is 1. The van der Waals surface area contributed by atoms with Crippen LogP contribution in [0.2, 0.25) is 10.0 Å². The lowest BCUT2D eigenvalue weighted by molar-refractivity contribution is -0.123. The van der Waals surface area contributed by atoms with E-state index in [2.05, 4.69) is 5.32 Å². The van der Waals surface area contributed by atoms with Crippen LogP contribution in [-0.2, 0) is 16.8 Å². The van der Waals surface area contributed by atoms with E-state index in [1.807, 2.05) is 48.5 Å². The first-order valence-electron chi connectivity index (χ1n) is 6.89. The van der Waals surface area contributed by atoms with Crippen LogP contribution >= 0.6 is 23.2 Å². The number of nitrogens with one attached hydrogen (secondary N) is 1. The first kappa shape index (κ1) is 14.4. The summed E-state index contributed by atoms with van der Waals surface area (Å²) in [7, 11) is 0. The lowest BCUT2D eigenvalue weighted by Gasteiger charge is -2.16. The van der Waals surface area contributed by atoms with Crippen LogP contribution in [0.3, 0.4) is 0 Å². The van der Waals surface area contributed by atoms with Gasteiger partial charge in [0.25, 0.3) is 0 Å². The Morgan fingerprint density at radius 2 is 1.48 bits per heavy atom. The monoisotopic (exact) mass is 319 g/mol. The van der Waals surface area contributed by atoms with Crippen molar-refractivity contribution < 1.29 is 4.79 Å². The Morgan fingerprint density at radius 1 is 0.952 bits per heavy atom. The minimum absolute atomic E-state index is 0.0831. The minimum Gasteiger partial charge on any atom is -0.351 e. The van der Waals surface area contributed by atoms with E-state index in [1.165, 1.54) is 0 Å². The first-order chi connectivity index (χ1) is 10.1. The second kappa shape index (κ2) is 5.70. The van der Waals surface area contributed by atoms with E-state index in [0.29, 0.717) is 16.6 Å². The van der Waals surface area contributed by atoms with Gasteiger partial charge in [0.15, 0.2) is 0 Å². The lowest BCUT2D eigenvalue weighted by Crippen LogP contribution is -2.34. The van der Waals surface area contributed by atoms with Gasteiger partial charge in [-0.05, 0) is 48.2 Å². The third-order valence-corrected chi connectivity index (χ3v) is 4.45. The molecular weight excluding hydrogens is 305 g/mol. The summed E-state index contributed by atoms with van der Waals surface area (Å²) in [6.45, 7) is 0.519. The average molecular weight is 320 g/mol. The van der Waals surface area contributed by atoms with Crippen molar-refractivity contribution in [1.82, 2.24) is 5.32 Å². The van der Waals surface area contributed by atoms with Gasteiger partial charge in [-0.15, -0.1) is 0 Å². The molecule has 0 unspecified atom stereocenters. The molecule has 0 aliphatic heterocycles. The molecule has 0 radical (unpaired) electrons. The van der Waals surface area contributed by atoms with Crippen molar-refractivity contribution in [2.24, 2.45) is 0 Å². The Morgan fingerprint density at radius 3 is 2.00 bits per heavy atom. The number of hydrogen-bond donors (Lipinski definition) is 1. The fraction of sp³-hybridized carbons (Fsp3) is 0.235. The quantitative estimate of drug-likeness (QED) is 0.892. The summed E-state index contributed by atoms with van der Waals surface area (Å²) in [6.07, 6.45) is 1.78. The lowest BCUT2D eigenvalue weighted by atomic mass is 9.95. The molecule has 2 aromatic rings.